The summed E-state index contributed by atoms with van der Waals surface area (Å²) in [5, 5.41) is 7.87. The molecule has 0 bridgehead atoms. The molecule has 1 atom stereocenters. The molecule has 0 aliphatic rings. The number of sulfonamides is 1. The van der Waals surface area contributed by atoms with Gasteiger partial charge in [-0.3, -0.25) is 4.79 Å². The highest BCUT2D eigenvalue weighted by atomic mass is 32.2. The molecule has 0 spiro atoms. The number of hydrogen-bond donors (Lipinski definition) is 2. The van der Waals surface area contributed by atoms with Crippen molar-refractivity contribution in [1.82, 2.24) is 5.32 Å². The van der Waals surface area contributed by atoms with Crippen LogP contribution in [0.5, 0.6) is 5.75 Å². The lowest BCUT2D eigenvalue weighted by Gasteiger charge is -2.15. The lowest BCUT2D eigenvalue weighted by molar-refractivity contribution is -0.123. The topological polar surface area (TPSA) is 98.5 Å². The molecule has 0 unspecified atom stereocenters. The van der Waals surface area contributed by atoms with E-state index in [1.807, 2.05) is 19.1 Å². The Morgan fingerprint density at radius 1 is 1.21 bits per heavy atom. The Kier molecular flexibility index (Phi) is 5.58. The van der Waals surface area contributed by atoms with E-state index in [9.17, 15) is 13.2 Å². The molecule has 0 saturated heterocycles. The minimum absolute atomic E-state index is 0.0111. The van der Waals surface area contributed by atoms with Gasteiger partial charge in [0.2, 0.25) is 10.0 Å². The minimum atomic E-state index is -3.77. The Morgan fingerprint density at radius 3 is 2.50 bits per heavy atom. The number of ether oxygens (including phenoxy) is 1. The summed E-state index contributed by atoms with van der Waals surface area (Å²) in [6.07, 6.45) is 0. The maximum absolute atomic E-state index is 12.0. The molecule has 24 heavy (non-hydrogen) atoms. The number of rotatable bonds is 6. The zero-order valence-electron chi connectivity index (χ0n) is 13.5. The van der Waals surface area contributed by atoms with Gasteiger partial charge in [-0.2, -0.15) is 0 Å². The van der Waals surface area contributed by atoms with E-state index in [0.717, 1.165) is 5.56 Å². The van der Waals surface area contributed by atoms with E-state index in [1.165, 1.54) is 12.1 Å². The number of primary sulfonamides is 1. The van der Waals surface area contributed by atoms with Crippen LogP contribution in [0.4, 0.5) is 0 Å². The second kappa shape index (κ2) is 7.46. The molecule has 128 valence electrons. The van der Waals surface area contributed by atoms with Crippen LogP contribution in [0, 0.1) is 6.92 Å². The summed E-state index contributed by atoms with van der Waals surface area (Å²) in [5.41, 5.74) is 1.75. The summed E-state index contributed by atoms with van der Waals surface area (Å²) in [6.45, 7) is 3.60. The lowest BCUT2D eigenvalue weighted by Crippen LogP contribution is -2.31. The first kappa shape index (κ1) is 18.0. The Bertz CT molecular complexity index is 817. The largest absolute Gasteiger partial charge is 0.484 e. The van der Waals surface area contributed by atoms with Gasteiger partial charge in [-0.1, -0.05) is 29.8 Å². The van der Waals surface area contributed by atoms with Crippen LogP contribution >= 0.6 is 0 Å². The average Bonchev–Trinajstić information content (AvgIpc) is 2.53. The third-order valence-electron chi connectivity index (χ3n) is 3.46. The fourth-order valence-corrected chi connectivity index (χ4v) is 2.68. The fraction of sp³-hybridized carbons (Fsp3) is 0.235. The van der Waals surface area contributed by atoms with Gasteiger partial charge in [0.15, 0.2) is 6.61 Å². The molecule has 2 aromatic rings. The molecular weight excluding hydrogens is 328 g/mol. The summed E-state index contributed by atoms with van der Waals surface area (Å²) < 4.78 is 28.2. The highest BCUT2D eigenvalue weighted by molar-refractivity contribution is 7.89. The van der Waals surface area contributed by atoms with E-state index in [-0.39, 0.29) is 23.5 Å². The van der Waals surface area contributed by atoms with Crippen LogP contribution in [0.1, 0.15) is 24.1 Å². The highest BCUT2D eigenvalue weighted by Gasteiger charge is 2.13. The second-order valence-corrected chi connectivity index (χ2v) is 7.07. The zero-order valence-corrected chi connectivity index (χ0v) is 14.3. The molecule has 7 heteroatoms. The van der Waals surface area contributed by atoms with E-state index in [4.69, 9.17) is 9.88 Å². The molecule has 2 rings (SSSR count). The maximum Gasteiger partial charge on any atom is 0.258 e. The van der Waals surface area contributed by atoms with Gasteiger partial charge in [-0.05, 0) is 43.7 Å². The van der Waals surface area contributed by atoms with Crippen molar-refractivity contribution in [3.63, 3.8) is 0 Å². The Morgan fingerprint density at radius 2 is 1.88 bits per heavy atom. The van der Waals surface area contributed by atoms with Crippen molar-refractivity contribution in [2.45, 2.75) is 24.8 Å². The summed E-state index contributed by atoms with van der Waals surface area (Å²) >= 11 is 0. The smallest absolute Gasteiger partial charge is 0.258 e. The van der Waals surface area contributed by atoms with Crippen molar-refractivity contribution in [2.75, 3.05) is 6.61 Å². The Hall–Kier alpha value is -2.38. The number of benzene rings is 2. The fourth-order valence-electron chi connectivity index (χ4n) is 2.11. The van der Waals surface area contributed by atoms with Crippen LogP contribution < -0.4 is 15.2 Å². The molecule has 2 aromatic carbocycles. The molecule has 0 aliphatic heterocycles. The van der Waals surface area contributed by atoms with Crippen molar-refractivity contribution in [2.24, 2.45) is 5.14 Å². The van der Waals surface area contributed by atoms with E-state index in [2.05, 4.69) is 5.32 Å². The first-order valence-corrected chi connectivity index (χ1v) is 8.92. The van der Waals surface area contributed by atoms with Gasteiger partial charge < -0.3 is 10.1 Å². The quantitative estimate of drug-likeness (QED) is 0.833. The SMILES string of the molecule is Cc1ccc(OCC(=O)N[C@@H](C)c2cccc(S(N)(=O)=O)c2)cc1. The van der Waals surface area contributed by atoms with Gasteiger partial charge in [0.25, 0.3) is 5.91 Å². The first-order chi connectivity index (χ1) is 11.3. The summed E-state index contributed by atoms with van der Waals surface area (Å²) in [5.74, 6) is 0.309. The number of carbonyl (C=O) groups is 1. The number of nitrogens with two attached hydrogens (primary N) is 1. The highest BCUT2D eigenvalue weighted by Crippen LogP contribution is 2.17. The Balaban J connectivity index is 1.95. The van der Waals surface area contributed by atoms with Crippen molar-refractivity contribution in [3.05, 3.63) is 59.7 Å². The molecule has 0 aromatic heterocycles. The van der Waals surface area contributed by atoms with Gasteiger partial charge >= 0.3 is 0 Å². The number of carbonyl (C=O) groups excluding carboxylic acids is 1. The van der Waals surface area contributed by atoms with E-state index < -0.39 is 10.0 Å². The number of aryl methyl sites for hydroxylation is 1. The van der Waals surface area contributed by atoms with Gasteiger partial charge in [0.05, 0.1) is 10.9 Å². The molecule has 6 nitrogen and oxygen atoms in total. The summed E-state index contributed by atoms with van der Waals surface area (Å²) in [7, 11) is -3.77. The van der Waals surface area contributed by atoms with Crippen LogP contribution in [0.2, 0.25) is 0 Å². The van der Waals surface area contributed by atoms with Crippen LogP contribution in [0.25, 0.3) is 0 Å². The third-order valence-corrected chi connectivity index (χ3v) is 4.37. The maximum atomic E-state index is 12.0. The molecule has 0 saturated carbocycles. The molecule has 3 N–H and O–H groups in total. The van der Waals surface area contributed by atoms with Crippen molar-refractivity contribution >= 4 is 15.9 Å². The van der Waals surface area contributed by atoms with Gasteiger partial charge in [-0.15, -0.1) is 0 Å². The van der Waals surface area contributed by atoms with Crippen LogP contribution in [-0.2, 0) is 14.8 Å². The summed E-state index contributed by atoms with van der Waals surface area (Å²) in [6, 6.07) is 13.2. The predicted molar refractivity (Wildman–Crippen MR) is 91.0 cm³/mol. The predicted octanol–water partition coefficient (Wildman–Crippen LogP) is 1.90. The van der Waals surface area contributed by atoms with Gasteiger partial charge in [0, 0.05) is 0 Å². The lowest BCUT2D eigenvalue weighted by atomic mass is 10.1. The van der Waals surface area contributed by atoms with Crippen molar-refractivity contribution in [1.29, 1.82) is 0 Å². The van der Waals surface area contributed by atoms with Crippen molar-refractivity contribution in [3.8, 4) is 5.75 Å². The molecule has 0 radical (unpaired) electrons. The van der Waals surface area contributed by atoms with Gasteiger partial charge in [0.1, 0.15) is 5.75 Å². The zero-order chi connectivity index (χ0) is 17.7. The minimum Gasteiger partial charge on any atom is -0.484 e. The monoisotopic (exact) mass is 348 g/mol. The van der Waals surface area contributed by atoms with E-state index >= 15 is 0 Å². The standard InChI is InChI=1S/C17H20N2O4S/c1-12-6-8-15(9-7-12)23-11-17(20)19-13(2)14-4-3-5-16(10-14)24(18,21)22/h3-10,13H,11H2,1-2H3,(H,19,20)(H2,18,21,22)/t13-/m0/s1. The first-order valence-electron chi connectivity index (χ1n) is 7.37. The molecule has 0 fully saturated rings. The van der Waals surface area contributed by atoms with E-state index in [0.29, 0.717) is 11.3 Å². The molecular formula is C17H20N2O4S. The van der Waals surface area contributed by atoms with Crippen LogP contribution in [0.15, 0.2) is 53.4 Å². The van der Waals surface area contributed by atoms with Crippen LogP contribution in [-0.4, -0.2) is 20.9 Å². The molecule has 0 heterocycles. The normalized spacial score (nSPS) is 12.5. The second-order valence-electron chi connectivity index (χ2n) is 5.51. The summed E-state index contributed by atoms with van der Waals surface area (Å²) in [4.78, 5) is 12.0. The number of amides is 1. The average molecular weight is 348 g/mol. The number of nitrogens with one attached hydrogen (secondary N) is 1. The molecule has 1 amide bonds. The third kappa shape index (κ3) is 5.07. The Labute approximate surface area is 141 Å². The van der Waals surface area contributed by atoms with Crippen LogP contribution in [0.3, 0.4) is 0 Å². The van der Waals surface area contributed by atoms with Crippen molar-refractivity contribution < 1.29 is 17.9 Å². The van der Waals surface area contributed by atoms with Gasteiger partial charge in [-0.25, -0.2) is 13.6 Å². The van der Waals surface area contributed by atoms with E-state index in [1.54, 1.807) is 31.2 Å². The molecule has 0 aliphatic carbocycles. The number of hydrogen-bond acceptors (Lipinski definition) is 4.